The molecule has 3 rings (SSSR count). The molecular formula is C13H7ClIN3. The SMILES string of the molecule is Clc1nc(-c2nccc3ccccc23)ncc1I. The average molecular weight is 368 g/mol. The van der Waals surface area contributed by atoms with Crippen molar-refractivity contribution in [1.82, 2.24) is 15.0 Å². The Morgan fingerprint density at radius 1 is 1.06 bits per heavy atom. The van der Waals surface area contributed by atoms with Gasteiger partial charge in [0.25, 0.3) is 0 Å². The van der Waals surface area contributed by atoms with Crippen LogP contribution in [0.5, 0.6) is 0 Å². The Labute approximate surface area is 122 Å². The van der Waals surface area contributed by atoms with Crippen LogP contribution < -0.4 is 0 Å². The number of halogens is 2. The molecule has 0 spiro atoms. The summed E-state index contributed by atoms with van der Waals surface area (Å²) in [5.74, 6) is 0.553. The summed E-state index contributed by atoms with van der Waals surface area (Å²) in [6, 6.07) is 9.98. The third-order valence-electron chi connectivity index (χ3n) is 2.59. The molecule has 0 unspecified atom stereocenters. The van der Waals surface area contributed by atoms with Crippen molar-refractivity contribution in [1.29, 1.82) is 0 Å². The van der Waals surface area contributed by atoms with Gasteiger partial charge in [-0.2, -0.15) is 0 Å². The van der Waals surface area contributed by atoms with E-state index in [0.29, 0.717) is 11.0 Å². The highest BCUT2D eigenvalue weighted by atomic mass is 127. The smallest absolute Gasteiger partial charge is 0.180 e. The summed E-state index contributed by atoms with van der Waals surface area (Å²) < 4.78 is 0.832. The molecule has 2 heterocycles. The lowest BCUT2D eigenvalue weighted by Gasteiger charge is -2.04. The first kappa shape index (κ1) is 11.8. The zero-order chi connectivity index (χ0) is 12.5. The number of nitrogens with zero attached hydrogens (tertiary/aromatic N) is 3. The fourth-order valence-corrected chi connectivity index (χ4v) is 2.15. The quantitative estimate of drug-likeness (QED) is 0.483. The van der Waals surface area contributed by atoms with Gasteiger partial charge in [0, 0.05) is 17.8 Å². The van der Waals surface area contributed by atoms with Crippen molar-refractivity contribution in [2.24, 2.45) is 0 Å². The second-order valence-electron chi connectivity index (χ2n) is 3.71. The minimum absolute atomic E-state index is 0.454. The maximum atomic E-state index is 6.03. The first-order valence-corrected chi connectivity index (χ1v) is 6.73. The Hall–Kier alpha value is -1.27. The molecule has 0 aliphatic carbocycles. The van der Waals surface area contributed by atoms with Crippen LogP contribution in [0, 0.1) is 3.57 Å². The lowest BCUT2D eigenvalue weighted by atomic mass is 10.1. The second-order valence-corrected chi connectivity index (χ2v) is 5.23. The summed E-state index contributed by atoms with van der Waals surface area (Å²) in [7, 11) is 0. The Morgan fingerprint density at radius 3 is 2.72 bits per heavy atom. The van der Waals surface area contributed by atoms with Crippen LogP contribution in [0.1, 0.15) is 0 Å². The molecule has 0 radical (unpaired) electrons. The zero-order valence-electron chi connectivity index (χ0n) is 9.14. The van der Waals surface area contributed by atoms with E-state index in [1.165, 1.54) is 0 Å². The van der Waals surface area contributed by atoms with E-state index in [1.807, 2.05) is 30.3 Å². The predicted octanol–water partition coefficient (Wildman–Crippen LogP) is 3.95. The lowest BCUT2D eigenvalue weighted by Crippen LogP contribution is -1.94. The number of benzene rings is 1. The van der Waals surface area contributed by atoms with E-state index in [2.05, 4.69) is 37.5 Å². The summed E-state index contributed by atoms with van der Waals surface area (Å²) in [5.41, 5.74) is 0.756. The van der Waals surface area contributed by atoms with Gasteiger partial charge in [-0.1, -0.05) is 35.9 Å². The van der Waals surface area contributed by atoms with Crippen LogP contribution in [-0.2, 0) is 0 Å². The standard InChI is InChI=1S/C13H7ClIN3/c14-12-10(15)7-17-13(18-12)11-9-4-2-1-3-8(9)5-6-16-11/h1-7H. The van der Waals surface area contributed by atoms with Gasteiger partial charge in [0.15, 0.2) is 5.82 Å². The first-order chi connectivity index (χ1) is 8.75. The molecule has 0 saturated heterocycles. The molecule has 5 heteroatoms. The second kappa shape index (κ2) is 4.78. The molecule has 3 aromatic rings. The summed E-state index contributed by atoms with van der Waals surface area (Å²) in [6.45, 7) is 0. The van der Waals surface area contributed by atoms with Crippen LogP contribution in [-0.4, -0.2) is 15.0 Å². The first-order valence-electron chi connectivity index (χ1n) is 5.28. The number of aromatic nitrogens is 3. The fraction of sp³-hybridized carbons (Fsp3) is 0. The summed E-state index contributed by atoms with van der Waals surface area (Å²) in [6.07, 6.45) is 3.46. The zero-order valence-corrected chi connectivity index (χ0v) is 12.1. The molecule has 0 bridgehead atoms. The van der Waals surface area contributed by atoms with Crippen molar-refractivity contribution in [3.63, 3.8) is 0 Å². The van der Waals surface area contributed by atoms with E-state index < -0.39 is 0 Å². The number of fused-ring (bicyclic) bond motifs is 1. The van der Waals surface area contributed by atoms with Crippen LogP contribution in [0.2, 0.25) is 5.15 Å². The largest absolute Gasteiger partial charge is 0.252 e. The van der Waals surface area contributed by atoms with Gasteiger partial charge in [-0.05, 0) is 34.0 Å². The topological polar surface area (TPSA) is 38.7 Å². The molecule has 0 fully saturated rings. The molecular weight excluding hydrogens is 361 g/mol. The van der Waals surface area contributed by atoms with E-state index in [1.54, 1.807) is 12.4 Å². The van der Waals surface area contributed by atoms with Crippen molar-refractivity contribution in [2.75, 3.05) is 0 Å². The summed E-state index contributed by atoms with van der Waals surface area (Å²) in [4.78, 5) is 12.9. The summed E-state index contributed by atoms with van der Waals surface area (Å²) in [5, 5.41) is 2.59. The Balaban J connectivity index is 2.28. The number of hydrogen-bond donors (Lipinski definition) is 0. The van der Waals surface area contributed by atoms with Crippen LogP contribution in [0.15, 0.2) is 42.7 Å². The van der Waals surface area contributed by atoms with Gasteiger partial charge in [0.05, 0.1) is 3.57 Å². The van der Waals surface area contributed by atoms with Gasteiger partial charge in [-0.25, -0.2) is 9.97 Å². The van der Waals surface area contributed by atoms with Crippen molar-refractivity contribution in [2.45, 2.75) is 0 Å². The minimum atomic E-state index is 0.454. The van der Waals surface area contributed by atoms with Gasteiger partial charge in [0.2, 0.25) is 0 Å². The molecule has 2 aromatic heterocycles. The van der Waals surface area contributed by atoms with Crippen molar-refractivity contribution >= 4 is 45.0 Å². The van der Waals surface area contributed by atoms with Crippen LogP contribution in [0.25, 0.3) is 22.3 Å². The van der Waals surface area contributed by atoms with Crippen LogP contribution >= 0.6 is 34.2 Å². The van der Waals surface area contributed by atoms with Crippen molar-refractivity contribution in [3.05, 3.63) is 51.4 Å². The van der Waals surface area contributed by atoms with Crippen molar-refractivity contribution < 1.29 is 0 Å². The fourth-order valence-electron chi connectivity index (χ4n) is 1.76. The molecule has 18 heavy (non-hydrogen) atoms. The Kier molecular flexibility index (Phi) is 3.13. The van der Waals surface area contributed by atoms with E-state index >= 15 is 0 Å². The van der Waals surface area contributed by atoms with E-state index in [0.717, 1.165) is 20.0 Å². The predicted molar refractivity (Wildman–Crippen MR) is 80.5 cm³/mol. The van der Waals surface area contributed by atoms with Gasteiger partial charge in [0.1, 0.15) is 10.8 Å². The maximum absolute atomic E-state index is 6.03. The maximum Gasteiger partial charge on any atom is 0.180 e. The average Bonchev–Trinajstić information content (AvgIpc) is 2.41. The number of pyridine rings is 1. The molecule has 0 aliphatic rings. The van der Waals surface area contributed by atoms with Gasteiger partial charge in [-0.15, -0.1) is 0 Å². The Bertz CT molecular complexity index is 725. The molecule has 3 nitrogen and oxygen atoms in total. The van der Waals surface area contributed by atoms with E-state index in [9.17, 15) is 0 Å². The molecule has 0 aliphatic heterocycles. The molecule has 0 N–H and O–H groups in total. The third kappa shape index (κ3) is 2.06. The highest BCUT2D eigenvalue weighted by Gasteiger charge is 2.09. The monoisotopic (exact) mass is 367 g/mol. The van der Waals surface area contributed by atoms with Gasteiger partial charge < -0.3 is 0 Å². The van der Waals surface area contributed by atoms with Crippen molar-refractivity contribution in [3.8, 4) is 11.5 Å². The minimum Gasteiger partial charge on any atom is -0.252 e. The van der Waals surface area contributed by atoms with Gasteiger partial charge >= 0.3 is 0 Å². The lowest BCUT2D eigenvalue weighted by molar-refractivity contribution is 1.13. The highest BCUT2D eigenvalue weighted by molar-refractivity contribution is 14.1. The van der Waals surface area contributed by atoms with E-state index in [-0.39, 0.29) is 0 Å². The Morgan fingerprint density at radius 2 is 1.89 bits per heavy atom. The number of rotatable bonds is 1. The molecule has 0 amide bonds. The normalized spacial score (nSPS) is 10.8. The third-order valence-corrected chi connectivity index (χ3v) is 3.98. The molecule has 0 saturated carbocycles. The van der Waals surface area contributed by atoms with Gasteiger partial charge in [-0.3, -0.25) is 4.98 Å². The highest BCUT2D eigenvalue weighted by Crippen LogP contribution is 2.25. The van der Waals surface area contributed by atoms with Crippen LogP contribution in [0.3, 0.4) is 0 Å². The molecule has 0 atom stereocenters. The van der Waals surface area contributed by atoms with Crippen LogP contribution in [0.4, 0.5) is 0 Å². The molecule has 88 valence electrons. The summed E-state index contributed by atoms with van der Waals surface area (Å²) >= 11 is 8.13. The molecule has 1 aromatic carbocycles. The van der Waals surface area contributed by atoms with E-state index in [4.69, 9.17) is 11.6 Å². The number of hydrogen-bond acceptors (Lipinski definition) is 3.